The summed E-state index contributed by atoms with van der Waals surface area (Å²) in [5, 5.41) is 4.95. The van der Waals surface area contributed by atoms with E-state index in [1.165, 1.54) is 4.90 Å². The van der Waals surface area contributed by atoms with Crippen molar-refractivity contribution in [3.63, 3.8) is 0 Å². The van der Waals surface area contributed by atoms with Crippen molar-refractivity contribution in [2.45, 2.75) is 45.4 Å². The van der Waals surface area contributed by atoms with Gasteiger partial charge in [0, 0.05) is 20.0 Å². The number of hydrogen-bond acceptors (Lipinski definition) is 3. The van der Waals surface area contributed by atoms with Crippen LogP contribution in [0.15, 0.2) is 72.8 Å². The standard InChI is InChI=1S/C26H30N2O3/c1-26(2,3)31-25(30)28(18-19-10-6-5-7-11-19)23(24(29)27-4)17-20-14-15-21-12-8-9-13-22(21)16-20/h5-16,23H,17-18H2,1-4H3,(H,27,29). The Kier molecular flexibility index (Phi) is 6.95. The van der Waals surface area contributed by atoms with Crippen LogP contribution in [0.3, 0.4) is 0 Å². The molecular formula is C26H30N2O3. The van der Waals surface area contributed by atoms with Gasteiger partial charge in [0.15, 0.2) is 0 Å². The van der Waals surface area contributed by atoms with E-state index in [0.717, 1.165) is 21.9 Å². The Balaban J connectivity index is 1.96. The SMILES string of the molecule is CNC(=O)C(Cc1ccc2ccccc2c1)N(Cc1ccccc1)C(=O)OC(C)(C)C. The number of hydrogen-bond donors (Lipinski definition) is 1. The maximum atomic E-state index is 13.2. The molecule has 0 saturated heterocycles. The number of nitrogens with zero attached hydrogens (tertiary/aromatic N) is 1. The van der Waals surface area contributed by atoms with E-state index in [4.69, 9.17) is 4.74 Å². The van der Waals surface area contributed by atoms with Gasteiger partial charge in [-0.1, -0.05) is 72.8 Å². The zero-order chi connectivity index (χ0) is 22.4. The number of benzene rings is 3. The molecule has 2 amide bonds. The molecular weight excluding hydrogens is 388 g/mol. The Bertz CT molecular complexity index is 1040. The van der Waals surface area contributed by atoms with E-state index in [-0.39, 0.29) is 12.5 Å². The summed E-state index contributed by atoms with van der Waals surface area (Å²) in [5.41, 5.74) is 1.25. The number of rotatable bonds is 6. The van der Waals surface area contributed by atoms with Crippen LogP contribution >= 0.6 is 0 Å². The summed E-state index contributed by atoms with van der Waals surface area (Å²) >= 11 is 0. The van der Waals surface area contributed by atoms with Gasteiger partial charge in [-0.2, -0.15) is 0 Å². The molecule has 0 radical (unpaired) electrons. The van der Waals surface area contributed by atoms with Crippen LogP contribution in [-0.2, 0) is 22.5 Å². The highest BCUT2D eigenvalue weighted by atomic mass is 16.6. The molecule has 0 bridgehead atoms. The average molecular weight is 419 g/mol. The fourth-order valence-corrected chi connectivity index (χ4v) is 3.50. The second kappa shape index (κ2) is 9.65. The van der Waals surface area contributed by atoms with Gasteiger partial charge in [0.1, 0.15) is 11.6 Å². The molecule has 1 unspecified atom stereocenters. The lowest BCUT2D eigenvalue weighted by molar-refractivity contribution is -0.126. The van der Waals surface area contributed by atoms with Crippen LogP contribution in [0.4, 0.5) is 4.79 Å². The molecule has 0 aliphatic heterocycles. The molecule has 3 rings (SSSR count). The molecule has 5 heteroatoms. The van der Waals surface area contributed by atoms with Crippen LogP contribution in [0.1, 0.15) is 31.9 Å². The van der Waals surface area contributed by atoms with Crippen molar-refractivity contribution < 1.29 is 14.3 Å². The number of ether oxygens (including phenoxy) is 1. The third-order valence-corrected chi connectivity index (χ3v) is 4.99. The van der Waals surface area contributed by atoms with E-state index < -0.39 is 17.7 Å². The molecule has 0 saturated carbocycles. The lowest BCUT2D eigenvalue weighted by atomic mass is 10.00. The summed E-state index contributed by atoms with van der Waals surface area (Å²) in [7, 11) is 1.59. The fraction of sp³-hybridized carbons (Fsp3) is 0.308. The second-order valence-electron chi connectivity index (χ2n) is 8.61. The largest absolute Gasteiger partial charge is 0.444 e. The first-order chi connectivity index (χ1) is 14.8. The predicted molar refractivity (Wildman–Crippen MR) is 124 cm³/mol. The van der Waals surface area contributed by atoms with E-state index in [9.17, 15) is 9.59 Å². The maximum Gasteiger partial charge on any atom is 0.411 e. The summed E-state index contributed by atoms with van der Waals surface area (Å²) in [4.78, 5) is 27.6. The molecule has 0 heterocycles. The number of amides is 2. The first kappa shape index (κ1) is 22.3. The van der Waals surface area contributed by atoms with Gasteiger partial charge in [-0.3, -0.25) is 9.69 Å². The monoisotopic (exact) mass is 418 g/mol. The van der Waals surface area contributed by atoms with E-state index in [1.54, 1.807) is 7.05 Å². The lowest BCUT2D eigenvalue weighted by Gasteiger charge is -2.33. The Hall–Kier alpha value is -3.34. The molecule has 1 N–H and O–H groups in total. The molecule has 0 fully saturated rings. The zero-order valence-electron chi connectivity index (χ0n) is 18.6. The highest BCUT2D eigenvalue weighted by molar-refractivity contribution is 5.87. The first-order valence-corrected chi connectivity index (χ1v) is 10.5. The van der Waals surface area contributed by atoms with Crippen molar-refractivity contribution in [3.05, 3.63) is 83.9 Å². The summed E-state index contributed by atoms with van der Waals surface area (Å²) in [5.74, 6) is -0.227. The minimum absolute atomic E-state index is 0.227. The normalized spacial score (nSPS) is 12.3. The summed E-state index contributed by atoms with van der Waals surface area (Å²) in [6.07, 6.45) is -0.123. The van der Waals surface area contributed by atoms with E-state index >= 15 is 0 Å². The summed E-state index contributed by atoms with van der Waals surface area (Å²) in [6, 6.07) is 23.1. The smallest absolute Gasteiger partial charge is 0.411 e. The third-order valence-electron chi connectivity index (χ3n) is 4.99. The Morgan fingerprint density at radius 3 is 2.19 bits per heavy atom. The van der Waals surface area contributed by atoms with Crippen molar-refractivity contribution in [3.8, 4) is 0 Å². The van der Waals surface area contributed by atoms with Crippen LogP contribution in [-0.4, -0.2) is 35.6 Å². The van der Waals surface area contributed by atoms with Crippen molar-refractivity contribution in [1.29, 1.82) is 0 Å². The minimum atomic E-state index is -0.707. The predicted octanol–water partition coefficient (Wildman–Crippen LogP) is 4.93. The van der Waals surface area contributed by atoms with Gasteiger partial charge in [-0.05, 0) is 42.7 Å². The Morgan fingerprint density at radius 1 is 0.903 bits per heavy atom. The number of likely N-dealkylation sites (N-methyl/N-ethyl adjacent to an activating group) is 1. The molecule has 0 aliphatic rings. The molecule has 5 nitrogen and oxygen atoms in total. The van der Waals surface area contributed by atoms with Gasteiger partial charge >= 0.3 is 6.09 Å². The zero-order valence-corrected chi connectivity index (χ0v) is 18.6. The molecule has 0 aromatic heterocycles. The second-order valence-corrected chi connectivity index (χ2v) is 8.61. The van der Waals surface area contributed by atoms with Crippen LogP contribution in [0.25, 0.3) is 10.8 Å². The van der Waals surface area contributed by atoms with Gasteiger partial charge in [0.05, 0.1) is 0 Å². The van der Waals surface area contributed by atoms with Gasteiger partial charge in [-0.25, -0.2) is 4.79 Å². The van der Waals surface area contributed by atoms with Crippen molar-refractivity contribution in [2.24, 2.45) is 0 Å². The lowest BCUT2D eigenvalue weighted by Crippen LogP contribution is -2.51. The number of fused-ring (bicyclic) bond motifs is 1. The average Bonchev–Trinajstić information content (AvgIpc) is 2.75. The maximum absolute atomic E-state index is 13.2. The Morgan fingerprint density at radius 2 is 1.55 bits per heavy atom. The molecule has 31 heavy (non-hydrogen) atoms. The highest BCUT2D eigenvalue weighted by Crippen LogP contribution is 2.21. The molecule has 3 aromatic rings. The van der Waals surface area contributed by atoms with Crippen LogP contribution in [0.5, 0.6) is 0 Å². The van der Waals surface area contributed by atoms with Crippen molar-refractivity contribution >= 4 is 22.8 Å². The van der Waals surface area contributed by atoms with E-state index in [2.05, 4.69) is 17.4 Å². The van der Waals surface area contributed by atoms with Crippen LogP contribution in [0, 0.1) is 0 Å². The van der Waals surface area contributed by atoms with Crippen LogP contribution < -0.4 is 5.32 Å². The Labute approximate surface area is 184 Å². The number of nitrogens with one attached hydrogen (secondary N) is 1. The van der Waals surface area contributed by atoms with Gasteiger partial charge in [-0.15, -0.1) is 0 Å². The van der Waals surface area contributed by atoms with Gasteiger partial charge in [0.25, 0.3) is 0 Å². The number of carbonyl (C=O) groups excluding carboxylic acids is 2. The molecule has 1 atom stereocenters. The topological polar surface area (TPSA) is 58.6 Å². The summed E-state index contributed by atoms with van der Waals surface area (Å²) in [6.45, 7) is 5.75. The molecule has 0 spiro atoms. The van der Waals surface area contributed by atoms with Crippen LogP contribution in [0.2, 0.25) is 0 Å². The van der Waals surface area contributed by atoms with Gasteiger partial charge < -0.3 is 10.1 Å². The quantitative estimate of drug-likeness (QED) is 0.617. The molecule has 3 aromatic carbocycles. The van der Waals surface area contributed by atoms with E-state index in [0.29, 0.717) is 6.42 Å². The number of carbonyl (C=O) groups is 2. The third kappa shape index (κ3) is 6.07. The van der Waals surface area contributed by atoms with Crippen molar-refractivity contribution in [2.75, 3.05) is 7.05 Å². The van der Waals surface area contributed by atoms with Crippen molar-refractivity contribution in [1.82, 2.24) is 10.2 Å². The van der Waals surface area contributed by atoms with E-state index in [1.807, 2.05) is 81.4 Å². The van der Waals surface area contributed by atoms with Gasteiger partial charge in [0.2, 0.25) is 5.91 Å². The molecule has 0 aliphatic carbocycles. The summed E-state index contributed by atoms with van der Waals surface area (Å²) < 4.78 is 5.66. The fourth-order valence-electron chi connectivity index (χ4n) is 3.50. The first-order valence-electron chi connectivity index (χ1n) is 10.5. The highest BCUT2D eigenvalue weighted by Gasteiger charge is 2.33. The molecule has 162 valence electrons. The minimum Gasteiger partial charge on any atom is -0.444 e.